The molecule has 3 unspecified atom stereocenters. The Kier molecular flexibility index (Phi) is 4.69. The monoisotopic (exact) mass is 400 g/mol. The molecule has 1 saturated carbocycles. The van der Waals surface area contributed by atoms with Gasteiger partial charge < -0.3 is 9.64 Å². The molecule has 2 bridgehead atoms. The van der Waals surface area contributed by atoms with E-state index < -0.39 is 0 Å². The molecular formula is C24H24N4O2. The van der Waals surface area contributed by atoms with Crippen LogP contribution in [-0.4, -0.2) is 44.4 Å². The quantitative estimate of drug-likeness (QED) is 0.666. The van der Waals surface area contributed by atoms with Crippen LogP contribution in [-0.2, 0) is 0 Å². The maximum absolute atomic E-state index is 13.6. The van der Waals surface area contributed by atoms with E-state index in [0.29, 0.717) is 23.2 Å². The van der Waals surface area contributed by atoms with Gasteiger partial charge in [-0.05, 0) is 50.3 Å². The second-order valence-corrected chi connectivity index (χ2v) is 8.31. The highest BCUT2D eigenvalue weighted by atomic mass is 16.5. The molecule has 2 aliphatic rings. The molecule has 1 aliphatic heterocycles. The van der Waals surface area contributed by atoms with E-state index in [1.807, 2.05) is 55.3 Å². The number of amides is 1. The Morgan fingerprint density at radius 3 is 2.57 bits per heavy atom. The second-order valence-electron chi connectivity index (χ2n) is 8.31. The van der Waals surface area contributed by atoms with Crippen molar-refractivity contribution in [3.8, 4) is 17.3 Å². The number of likely N-dealkylation sites (tertiary alicyclic amines) is 1. The molecule has 2 aromatic heterocycles. The summed E-state index contributed by atoms with van der Waals surface area (Å²) in [5.41, 5.74) is 3.56. The maximum Gasteiger partial charge on any atom is 0.255 e. The van der Waals surface area contributed by atoms with E-state index in [0.717, 1.165) is 36.1 Å². The topological polar surface area (TPSA) is 68.2 Å². The van der Waals surface area contributed by atoms with Gasteiger partial charge in [0.15, 0.2) is 5.82 Å². The summed E-state index contributed by atoms with van der Waals surface area (Å²) in [5.74, 6) is 1.69. The number of hydrogen-bond donors (Lipinski definition) is 0. The molecule has 3 aromatic rings. The van der Waals surface area contributed by atoms with Crippen molar-refractivity contribution in [2.45, 2.75) is 38.8 Å². The smallest absolute Gasteiger partial charge is 0.255 e. The molecule has 1 amide bonds. The summed E-state index contributed by atoms with van der Waals surface area (Å²) >= 11 is 0. The summed E-state index contributed by atoms with van der Waals surface area (Å²) in [6.07, 6.45) is 7.13. The van der Waals surface area contributed by atoms with Crippen LogP contribution in [0.15, 0.2) is 55.0 Å². The molecule has 1 aliphatic carbocycles. The van der Waals surface area contributed by atoms with E-state index in [1.165, 1.54) is 0 Å². The van der Waals surface area contributed by atoms with Crippen molar-refractivity contribution in [1.82, 2.24) is 19.9 Å². The van der Waals surface area contributed by atoms with Gasteiger partial charge in [-0.3, -0.25) is 4.79 Å². The van der Waals surface area contributed by atoms with Gasteiger partial charge in [0, 0.05) is 36.8 Å². The van der Waals surface area contributed by atoms with Crippen molar-refractivity contribution in [1.29, 1.82) is 0 Å². The number of carbonyl (C=O) groups excluding carboxylic acids is 1. The van der Waals surface area contributed by atoms with Crippen molar-refractivity contribution in [2.75, 3.05) is 6.54 Å². The molecule has 1 aromatic carbocycles. The van der Waals surface area contributed by atoms with Crippen LogP contribution >= 0.6 is 0 Å². The molecule has 0 radical (unpaired) electrons. The Morgan fingerprint density at radius 1 is 1.03 bits per heavy atom. The zero-order valence-electron chi connectivity index (χ0n) is 17.2. The molecule has 0 N–H and O–H groups in total. The number of fused-ring (bicyclic) bond motifs is 2. The minimum absolute atomic E-state index is 0.0239. The Bertz CT molecular complexity index is 1070. The first-order chi connectivity index (χ1) is 14.6. The molecule has 3 atom stereocenters. The van der Waals surface area contributed by atoms with Crippen molar-refractivity contribution >= 4 is 5.91 Å². The van der Waals surface area contributed by atoms with Gasteiger partial charge in [0.1, 0.15) is 6.10 Å². The normalized spacial score (nSPS) is 22.3. The summed E-state index contributed by atoms with van der Waals surface area (Å²) < 4.78 is 6.19. The molecule has 5 rings (SSSR count). The summed E-state index contributed by atoms with van der Waals surface area (Å²) in [6, 6.07) is 11.6. The van der Waals surface area contributed by atoms with Gasteiger partial charge in [-0.15, -0.1) is 0 Å². The predicted molar refractivity (Wildman–Crippen MR) is 113 cm³/mol. The molecule has 3 heterocycles. The highest BCUT2D eigenvalue weighted by Gasteiger charge is 2.48. The van der Waals surface area contributed by atoms with E-state index in [-0.39, 0.29) is 18.1 Å². The standard InChI is InChI=1S/C24H24N4O2/c1-15-4-6-18(23-25-8-3-9-26-23)19(10-15)24(29)28-14-17-11-20(28)21(12-17)30-22-7-5-16(2)13-27-22/h3-10,13,17,20-21H,11-12,14H2,1-2H3. The average molecular weight is 400 g/mol. The Balaban J connectivity index is 1.42. The summed E-state index contributed by atoms with van der Waals surface area (Å²) in [4.78, 5) is 28.7. The van der Waals surface area contributed by atoms with Crippen LogP contribution in [0.4, 0.5) is 0 Å². The molecule has 1 saturated heterocycles. The van der Waals surface area contributed by atoms with Gasteiger partial charge in [-0.2, -0.15) is 0 Å². The highest BCUT2D eigenvalue weighted by Crippen LogP contribution is 2.41. The Morgan fingerprint density at radius 2 is 1.83 bits per heavy atom. The number of hydrogen-bond acceptors (Lipinski definition) is 5. The lowest BCUT2D eigenvalue weighted by atomic mass is 10.0. The zero-order valence-corrected chi connectivity index (χ0v) is 17.2. The van der Waals surface area contributed by atoms with Gasteiger partial charge >= 0.3 is 0 Å². The van der Waals surface area contributed by atoms with Crippen LogP contribution in [0.1, 0.15) is 34.3 Å². The first-order valence-corrected chi connectivity index (χ1v) is 10.4. The van der Waals surface area contributed by atoms with Crippen LogP contribution in [0.25, 0.3) is 11.4 Å². The van der Waals surface area contributed by atoms with Crippen LogP contribution in [0.5, 0.6) is 5.88 Å². The number of piperidine rings is 1. The van der Waals surface area contributed by atoms with E-state index in [9.17, 15) is 4.79 Å². The third kappa shape index (κ3) is 3.43. The highest BCUT2D eigenvalue weighted by molar-refractivity contribution is 6.00. The lowest BCUT2D eigenvalue weighted by Gasteiger charge is -2.33. The second kappa shape index (κ2) is 7.52. The molecule has 30 heavy (non-hydrogen) atoms. The number of aryl methyl sites for hydroxylation is 2. The number of nitrogens with zero attached hydrogens (tertiary/aromatic N) is 4. The lowest BCUT2D eigenvalue weighted by molar-refractivity contribution is 0.0467. The minimum Gasteiger partial charge on any atom is -0.472 e. The van der Waals surface area contributed by atoms with E-state index >= 15 is 0 Å². The van der Waals surface area contributed by atoms with Gasteiger partial charge in [-0.25, -0.2) is 15.0 Å². The maximum atomic E-state index is 13.6. The van der Waals surface area contributed by atoms with Gasteiger partial charge in [0.25, 0.3) is 5.91 Å². The lowest BCUT2D eigenvalue weighted by Crippen LogP contribution is -2.47. The summed E-state index contributed by atoms with van der Waals surface area (Å²) in [5, 5.41) is 0. The van der Waals surface area contributed by atoms with Crippen molar-refractivity contribution < 1.29 is 9.53 Å². The molecule has 6 nitrogen and oxygen atoms in total. The third-order valence-corrected chi connectivity index (χ3v) is 6.05. The number of pyridine rings is 1. The van der Waals surface area contributed by atoms with Crippen molar-refractivity contribution in [3.05, 3.63) is 71.7 Å². The number of rotatable bonds is 4. The fourth-order valence-electron chi connectivity index (χ4n) is 4.63. The van der Waals surface area contributed by atoms with Gasteiger partial charge in [0.2, 0.25) is 5.88 Å². The SMILES string of the molecule is Cc1ccc(OC2CC3CC2N(C(=O)c2cc(C)ccc2-c2ncccn2)C3)nc1. The first kappa shape index (κ1) is 18.7. The third-order valence-electron chi connectivity index (χ3n) is 6.05. The number of aromatic nitrogens is 3. The largest absolute Gasteiger partial charge is 0.472 e. The zero-order chi connectivity index (χ0) is 20.7. The average Bonchev–Trinajstić information content (AvgIpc) is 3.36. The van der Waals surface area contributed by atoms with E-state index in [1.54, 1.807) is 18.5 Å². The van der Waals surface area contributed by atoms with E-state index in [2.05, 4.69) is 15.0 Å². The van der Waals surface area contributed by atoms with Crippen LogP contribution in [0.2, 0.25) is 0 Å². The molecule has 152 valence electrons. The molecule has 6 heteroatoms. The number of carbonyl (C=O) groups is 1. The van der Waals surface area contributed by atoms with Crippen LogP contribution in [0, 0.1) is 19.8 Å². The van der Waals surface area contributed by atoms with Crippen LogP contribution < -0.4 is 4.74 Å². The predicted octanol–water partition coefficient (Wildman–Crippen LogP) is 3.84. The Labute approximate surface area is 176 Å². The molecule has 0 spiro atoms. The van der Waals surface area contributed by atoms with Gasteiger partial charge in [0.05, 0.1) is 11.6 Å². The van der Waals surface area contributed by atoms with Crippen molar-refractivity contribution in [3.63, 3.8) is 0 Å². The number of benzene rings is 1. The van der Waals surface area contributed by atoms with Gasteiger partial charge in [-0.1, -0.05) is 23.8 Å². The minimum atomic E-state index is -0.0239. The molecular weight excluding hydrogens is 376 g/mol. The Hall–Kier alpha value is -3.28. The fourth-order valence-corrected chi connectivity index (χ4v) is 4.63. The summed E-state index contributed by atoms with van der Waals surface area (Å²) in [7, 11) is 0. The number of ether oxygens (including phenoxy) is 1. The fraction of sp³-hybridized carbons (Fsp3) is 0.333. The van der Waals surface area contributed by atoms with Crippen molar-refractivity contribution in [2.24, 2.45) is 5.92 Å². The summed E-state index contributed by atoms with van der Waals surface area (Å²) in [6.45, 7) is 4.77. The van der Waals surface area contributed by atoms with E-state index in [4.69, 9.17) is 4.74 Å². The molecule has 2 fully saturated rings. The first-order valence-electron chi connectivity index (χ1n) is 10.4. The van der Waals surface area contributed by atoms with Crippen LogP contribution in [0.3, 0.4) is 0 Å².